The fraction of sp³-hybridized carbons (Fsp3) is 0.235. The van der Waals surface area contributed by atoms with Gasteiger partial charge in [-0.25, -0.2) is 4.39 Å². The third kappa shape index (κ3) is 5.15. The molecule has 0 atom stereocenters. The lowest BCUT2D eigenvalue weighted by Gasteiger charge is -2.09. The molecule has 0 bridgehead atoms. The first-order valence-electron chi connectivity index (χ1n) is 6.86. The summed E-state index contributed by atoms with van der Waals surface area (Å²) in [5, 5.41) is 11.7. The van der Waals surface area contributed by atoms with Gasteiger partial charge < -0.3 is 10.1 Å². The van der Waals surface area contributed by atoms with E-state index in [1.165, 1.54) is 12.1 Å². The molecule has 4 heteroatoms. The Labute approximate surface area is 124 Å². The van der Waals surface area contributed by atoms with Crippen molar-refractivity contribution in [3.05, 3.63) is 59.9 Å². The fourth-order valence-electron chi connectivity index (χ4n) is 1.84. The maximum absolute atomic E-state index is 12.8. The highest BCUT2D eigenvalue weighted by atomic mass is 19.1. The van der Waals surface area contributed by atoms with Crippen molar-refractivity contribution in [1.29, 1.82) is 5.26 Å². The zero-order valence-corrected chi connectivity index (χ0v) is 11.7. The van der Waals surface area contributed by atoms with Gasteiger partial charge in [0.1, 0.15) is 11.6 Å². The third-order valence-electron chi connectivity index (χ3n) is 2.95. The lowest BCUT2D eigenvalue weighted by Crippen LogP contribution is -2.01. The quantitative estimate of drug-likeness (QED) is 0.778. The minimum Gasteiger partial charge on any atom is -0.493 e. The largest absolute Gasteiger partial charge is 0.493 e. The molecular formula is C17H17FN2O. The number of unbranched alkanes of at least 4 members (excludes halogenated alkanes) is 1. The highest BCUT2D eigenvalue weighted by Gasteiger charge is 1.98. The molecule has 0 unspecified atom stereocenters. The first kappa shape index (κ1) is 14.9. The molecule has 3 nitrogen and oxygen atoms in total. The molecule has 2 rings (SSSR count). The van der Waals surface area contributed by atoms with Crippen LogP contribution in [0.15, 0.2) is 48.5 Å². The van der Waals surface area contributed by atoms with Crippen LogP contribution in [0, 0.1) is 17.1 Å². The molecule has 2 aromatic carbocycles. The minimum absolute atomic E-state index is 0.230. The summed E-state index contributed by atoms with van der Waals surface area (Å²) in [4.78, 5) is 0. The fourth-order valence-corrected chi connectivity index (χ4v) is 1.84. The van der Waals surface area contributed by atoms with Gasteiger partial charge in [-0.15, -0.1) is 0 Å². The Morgan fingerprint density at radius 2 is 1.95 bits per heavy atom. The van der Waals surface area contributed by atoms with Gasteiger partial charge in [-0.2, -0.15) is 5.26 Å². The van der Waals surface area contributed by atoms with E-state index in [1.54, 1.807) is 12.1 Å². The van der Waals surface area contributed by atoms with Crippen LogP contribution in [0.2, 0.25) is 0 Å². The number of benzene rings is 2. The van der Waals surface area contributed by atoms with Crippen molar-refractivity contribution < 1.29 is 9.13 Å². The standard InChI is InChI=1S/C17H17FN2O/c18-15-8-6-14(7-9-15)13-20-16-4-3-5-17(12-16)21-11-2-1-10-19/h3-9,12,20H,1-2,11,13H2. The summed E-state index contributed by atoms with van der Waals surface area (Å²) in [6.45, 7) is 1.16. The maximum Gasteiger partial charge on any atom is 0.123 e. The summed E-state index contributed by atoms with van der Waals surface area (Å²) in [6, 6.07) is 16.2. The second-order valence-electron chi connectivity index (χ2n) is 4.62. The van der Waals surface area contributed by atoms with Crippen molar-refractivity contribution in [2.45, 2.75) is 19.4 Å². The molecular weight excluding hydrogens is 267 g/mol. The van der Waals surface area contributed by atoms with Gasteiger partial charge in [0.05, 0.1) is 12.7 Å². The number of nitriles is 1. The summed E-state index contributed by atoms with van der Waals surface area (Å²) >= 11 is 0. The van der Waals surface area contributed by atoms with Crippen molar-refractivity contribution in [2.75, 3.05) is 11.9 Å². The van der Waals surface area contributed by atoms with Crippen molar-refractivity contribution >= 4 is 5.69 Å². The van der Waals surface area contributed by atoms with Gasteiger partial charge >= 0.3 is 0 Å². The van der Waals surface area contributed by atoms with Crippen molar-refractivity contribution in [1.82, 2.24) is 0 Å². The number of nitrogens with one attached hydrogen (secondary N) is 1. The molecule has 21 heavy (non-hydrogen) atoms. The van der Waals surface area contributed by atoms with Crippen LogP contribution >= 0.6 is 0 Å². The summed E-state index contributed by atoms with van der Waals surface area (Å²) in [5.74, 6) is 0.545. The van der Waals surface area contributed by atoms with Gasteiger partial charge in [0, 0.05) is 24.7 Å². The van der Waals surface area contributed by atoms with Crippen LogP contribution in [-0.4, -0.2) is 6.61 Å². The van der Waals surface area contributed by atoms with Gasteiger partial charge in [-0.1, -0.05) is 18.2 Å². The second-order valence-corrected chi connectivity index (χ2v) is 4.62. The number of nitrogens with zero attached hydrogens (tertiary/aromatic N) is 1. The van der Waals surface area contributed by atoms with Gasteiger partial charge in [0.15, 0.2) is 0 Å². The summed E-state index contributed by atoms with van der Waals surface area (Å²) in [7, 11) is 0. The molecule has 0 saturated heterocycles. The Morgan fingerprint density at radius 1 is 1.14 bits per heavy atom. The van der Waals surface area contributed by atoms with Crippen LogP contribution < -0.4 is 10.1 Å². The predicted octanol–water partition coefficient (Wildman–Crippen LogP) is 4.12. The second kappa shape index (κ2) is 7.91. The van der Waals surface area contributed by atoms with E-state index in [-0.39, 0.29) is 5.82 Å². The molecule has 2 aromatic rings. The Bertz CT molecular complexity index is 605. The SMILES string of the molecule is N#CCCCOc1cccc(NCc2ccc(F)cc2)c1. The lowest BCUT2D eigenvalue weighted by molar-refractivity contribution is 0.313. The number of hydrogen-bond acceptors (Lipinski definition) is 3. The topological polar surface area (TPSA) is 45.0 Å². The van der Waals surface area contributed by atoms with E-state index in [4.69, 9.17) is 10.00 Å². The first-order chi connectivity index (χ1) is 10.3. The molecule has 0 aliphatic heterocycles. The highest BCUT2D eigenvalue weighted by Crippen LogP contribution is 2.18. The first-order valence-corrected chi connectivity index (χ1v) is 6.86. The smallest absolute Gasteiger partial charge is 0.123 e. The molecule has 0 saturated carbocycles. The van der Waals surface area contributed by atoms with E-state index < -0.39 is 0 Å². The molecule has 108 valence electrons. The van der Waals surface area contributed by atoms with Gasteiger partial charge in [0.25, 0.3) is 0 Å². The van der Waals surface area contributed by atoms with E-state index in [2.05, 4.69) is 11.4 Å². The van der Waals surface area contributed by atoms with Crippen LogP contribution in [0.3, 0.4) is 0 Å². The Kier molecular flexibility index (Phi) is 5.60. The third-order valence-corrected chi connectivity index (χ3v) is 2.95. The number of rotatable bonds is 7. The van der Waals surface area contributed by atoms with Crippen molar-refractivity contribution in [3.8, 4) is 11.8 Å². The average molecular weight is 284 g/mol. The highest BCUT2D eigenvalue weighted by molar-refractivity contribution is 5.48. The minimum atomic E-state index is -0.230. The van der Waals surface area contributed by atoms with Gasteiger partial charge in [-0.05, 0) is 36.2 Å². The molecule has 0 heterocycles. The number of hydrogen-bond donors (Lipinski definition) is 1. The molecule has 0 aromatic heterocycles. The Hall–Kier alpha value is -2.54. The van der Waals surface area contributed by atoms with E-state index in [0.29, 0.717) is 19.6 Å². The van der Waals surface area contributed by atoms with Gasteiger partial charge in [-0.3, -0.25) is 0 Å². The summed E-state index contributed by atoms with van der Waals surface area (Å²) < 4.78 is 18.4. The van der Waals surface area contributed by atoms with Crippen LogP contribution in [-0.2, 0) is 6.54 Å². The Morgan fingerprint density at radius 3 is 2.71 bits per heavy atom. The average Bonchev–Trinajstić information content (AvgIpc) is 2.52. The molecule has 0 aliphatic rings. The predicted molar refractivity (Wildman–Crippen MR) is 80.5 cm³/mol. The monoisotopic (exact) mass is 284 g/mol. The number of halogens is 1. The molecule has 0 spiro atoms. The molecule has 0 radical (unpaired) electrons. The lowest BCUT2D eigenvalue weighted by atomic mass is 10.2. The van der Waals surface area contributed by atoms with Crippen LogP contribution in [0.25, 0.3) is 0 Å². The maximum atomic E-state index is 12.8. The van der Waals surface area contributed by atoms with Crippen molar-refractivity contribution in [3.63, 3.8) is 0 Å². The normalized spacial score (nSPS) is 9.90. The van der Waals surface area contributed by atoms with Crippen LogP contribution in [0.4, 0.5) is 10.1 Å². The van der Waals surface area contributed by atoms with E-state index in [1.807, 2.05) is 24.3 Å². The zero-order valence-electron chi connectivity index (χ0n) is 11.7. The van der Waals surface area contributed by atoms with Crippen LogP contribution in [0.1, 0.15) is 18.4 Å². The van der Waals surface area contributed by atoms with Gasteiger partial charge in [0.2, 0.25) is 0 Å². The molecule has 0 fully saturated rings. The summed E-state index contributed by atoms with van der Waals surface area (Å²) in [6.07, 6.45) is 1.23. The van der Waals surface area contributed by atoms with E-state index in [9.17, 15) is 4.39 Å². The van der Waals surface area contributed by atoms with E-state index >= 15 is 0 Å². The Balaban J connectivity index is 1.86. The van der Waals surface area contributed by atoms with E-state index in [0.717, 1.165) is 23.4 Å². The van der Waals surface area contributed by atoms with Crippen molar-refractivity contribution in [2.24, 2.45) is 0 Å². The molecule has 1 N–H and O–H groups in total. The molecule has 0 aliphatic carbocycles. The molecule has 0 amide bonds. The zero-order chi connectivity index (χ0) is 14.9. The number of ether oxygens (including phenoxy) is 1. The summed E-state index contributed by atoms with van der Waals surface area (Å²) in [5.41, 5.74) is 1.95. The number of anilines is 1. The van der Waals surface area contributed by atoms with Crippen LogP contribution in [0.5, 0.6) is 5.75 Å².